The fourth-order valence-electron chi connectivity index (χ4n) is 2.14. The van der Waals surface area contributed by atoms with Gasteiger partial charge >= 0.3 is 0 Å². The molecule has 0 fully saturated rings. The molecule has 0 heterocycles. The van der Waals surface area contributed by atoms with Gasteiger partial charge < -0.3 is 9.47 Å². The number of hydrogen-bond donors (Lipinski definition) is 1. The Balaban J connectivity index is 2.04. The first-order chi connectivity index (χ1) is 11.5. The van der Waals surface area contributed by atoms with E-state index in [0.29, 0.717) is 23.0 Å². The minimum absolute atomic E-state index is 0.331. The zero-order chi connectivity index (χ0) is 17.5. The molecule has 5 heteroatoms. The molecule has 0 aliphatic heterocycles. The standard InChI is InChI=1S/C19H22N2O3/c1-13(2)15-7-5-14(6-8-15)12-20-21-19(22)16-9-17(23-3)11-18(10-16)24-4/h5-13H,1-4H3,(H,21,22)/b20-12+. The van der Waals surface area contributed by atoms with E-state index < -0.39 is 0 Å². The van der Waals surface area contributed by atoms with E-state index in [2.05, 4.69) is 36.5 Å². The summed E-state index contributed by atoms with van der Waals surface area (Å²) in [4.78, 5) is 12.2. The Morgan fingerprint density at radius 1 is 1.04 bits per heavy atom. The predicted octanol–water partition coefficient (Wildman–Crippen LogP) is 3.59. The van der Waals surface area contributed by atoms with Crippen molar-refractivity contribution < 1.29 is 14.3 Å². The van der Waals surface area contributed by atoms with E-state index in [4.69, 9.17) is 9.47 Å². The Kier molecular flexibility index (Phi) is 5.95. The van der Waals surface area contributed by atoms with Crippen molar-refractivity contribution in [1.82, 2.24) is 5.43 Å². The quantitative estimate of drug-likeness (QED) is 0.652. The van der Waals surface area contributed by atoms with Crippen LogP contribution >= 0.6 is 0 Å². The second kappa shape index (κ2) is 8.15. The van der Waals surface area contributed by atoms with Crippen LogP contribution in [0.5, 0.6) is 11.5 Å². The lowest BCUT2D eigenvalue weighted by atomic mass is 10.0. The number of benzene rings is 2. The van der Waals surface area contributed by atoms with Crippen molar-refractivity contribution in [3.63, 3.8) is 0 Å². The Labute approximate surface area is 142 Å². The molecule has 126 valence electrons. The van der Waals surface area contributed by atoms with Crippen LogP contribution in [-0.4, -0.2) is 26.3 Å². The molecule has 0 saturated heterocycles. The molecule has 2 aromatic carbocycles. The first-order valence-electron chi connectivity index (χ1n) is 7.70. The maximum absolute atomic E-state index is 12.2. The van der Waals surface area contributed by atoms with Gasteiger partial charge in [-0.15, -0.1) is 0 Å². The third-order valence-corrected chi connectivity index (χ3v) is 3.60. The first kappa shape index (κ1) is 17.5. The fourth-order valence-corrected chi connectivity index (χ4v) is 2.14. The lowest BCUT2D eigenvalue weighted by Gasteiger charge is -2.07. The maximum atomic E-state index is 12.2. The smallest absolute Gasteiger partial charge is 0.271 e. The number of nitrogens with one attached hydrogen (secondary N) is 1. The monoisotopic (exact) mass is 326 g/mol. The maximum Gasteiger partial charge on any atom is 0.271 e. The van der Waals surface area contributed by atoms with Crippen LogP contribution in [-0.2, 0) is 0 Å². The molecule has 0 spiro atoms. The van der Waals surface area contributed by atoms with Crippen LogP contribution in [0.25, 0.3) is 0 Å². The van der Waals surface area contributed by atoms with Gasteiger partial charge in [-0.25, -0.2) is 5.43 Å². The molecule has 1 N–H and O–H groups in total. The highest BCUT2D eigenvalue weighted by Gasteiger charge is 2.09. The lowest BCUT2D eigenvalue weighted by molar-refractivity contribution is 0.0954. The summed E-state index contributed by atoms with van der Waals surface area (Å²) in [5, 5.41) is 4.00. The Hall–Kier alpha value is -2.82. The molecule has 0 saturated carbocycles. The zero-order valence-electron chi connectivity index (χ0n) is 14.4. The summed E-state index contributed by atoms with van der Waals surface area (Å²) in [6, 6.07) is 13.0. The van der Waals surface area contributed by atoms with Crippen molar-refractivity contribution in [1.29, 1.82) is 0 Å². The Morgan fingerprint density at radius 2 is 1.62 bits per heavy atom. The van der Waals surface area contributed by atoms with Crippen molar-refractivity contribution in [2.75, 3.05) is 14.2 Å². The summed E-state index contributed by atoms with van der Waals surface area (Å²) in [6.45, 7) is 4.29. The Bertz CT molecular complexity index is 700. The topological polar surface area (TPSA) is 59.9 Å². The van der Waals surface area contributed by atoms with Crippen LogP contribution in [0.15, 0.2) is 47.6 Å². The second-order valence-corrected chi connectivity index (χ2v) is 5.62. The van der Waals surface area contributed by atoms with Gasteiger partial charge in [0.05, 0.1) is 20.4 Å². The average molecular weight is 326 g/mol. The van der Waals surface area contributed by atoms with Crippen LogP contribution < -0.4 is 14.9 Å². The van der Waals surface area contributed by atoms with Gasteiger partial charge in [0.1, 0.15) is 11.5 Å². The van der Waals surface area contributed by atoms with Gasteiger partial charge in [0.25, 0.3) is 5.91 Å². The number of rotatable bonds is 6. The molecule has 0 aliphatic rings. The van der Waals surface area contributed by atoms with E-state index in [0.717, 1.165) is 5.56 Å². The van der Waals surface area contributed by atoms with Gasteiger partial charge in [-0.05, 0) is 29.2 Å². The van der Waals surface area contributed by atoms with E-state index in [9.17, 15) is 4.79 Å². The number of methoxy groups -OCH3 is 2. The molecule has 5 nitrogen and oxygen atoms in total. The minimum atomic E-state index is -0.331. The average Bonchev–Trinajstić information content (AvgIpc) is 2.61. The molecule has 1 amide bonds. The van der Waals surface area contributed by atoms with Crippen LogP contribution in [0.2, 0.25) is 0 Å². The van der Waals surface area contributed by atoms with E-state index in [1.54, 1.807) is 24.4 Å². The van der Waals surface area contributed by atoms with Gasteiger partial charge in [-0.2, -0.15) is 5.10 Å². The molecule has 2 aromatic rings. The van der Waals surface area contributed by atoms with Gasteiger partial charge in [0.2, 0.25) is 0 Å². The van der Waals surface area contributed by atoms with E-state index in [1.165, 1.54) is 19.8 Å². The van der Waals surface area contributed by atoms with Gasteiger partial charge in [-0.1, -0.05) is 38.1 Å². The van der Waals surface area contributed by atoms with Crippen molar-refractivity contribution in [3.05, 3.63) is 59.2 Å². The third-order valence-electron chi connectivity index (χ3n) is 3.60. The molecule has 2 rings (SSSR count). The molecular weight excluding hydrogens is 304 g/mol. The predicted molar refractivity (Wildman–Crippen MR) is 95.1 cm³/mol. The van der Waals surface area contributed by atoms with Crippen molar-refractivity contribution in [2.24, 2.45) is 5.10 Å². The van der Waals surface area contributed by atoms with E-state index in [1.807, 2.05) is 12.1 Å². The molecule has 0 aliphatic carbocycles. The third kappa shape index (κ3) is 4.59. The summed E-state index contributed by atoms with van der Waals surface area (Å²) in [5.74, 6) is 1.25. The van der Waals surface area contributed by atoms with Crippen molar-refractivity contribution >= 4 is 12.1 Å². The number of hydrogen-bond acceptors (Lipinski definition) is 4. The highest BCUT2D eigenvalue weighted by molar-refractivity contribution is 5.95. The molecule has 0 atom stereocenters. The number of hydrazone groups is 1. The van der Waals surface area contributed by atoms with Crippen LogP contribution in [0.3, 0.4) is 0 Å². The summed E-state index contributed by atoms with van der Waals surface area (Å²) >= 11 is 0. The summed E-state index contributed by atoms with van der Waals surface area (Å²) in [6.07, 6.45) is 1.61. The lowest BCUT2D eigenvalue weighted by Crippen LogP contribution is -2.17. The fraction of sp³-hybridized carbons (Fsp3) is 0.263. The molecular formula is C19H22N2O3. The number of carbonyl (C=O) groups is 1. The first-order valence-corrected chi connectivity index (χ1v) is 7.70. The highest BCUT2D eigenvalue weighted by Crippen LogP contribution is 2.22. The van der Waals surface area contributed by atoms with E-state index >= 15 is 0 Å². The zero-order valence-corrected chi connectivity index (χ0v) is 14.4. The number of amides is 1. The van der Waals surface area contributed by atoms with Crippen molar-refractivity contribution in [3.8, 4) is 11.5 Å². The normalized spacial score (nSPS) is 10.9. The molecule has 0 radical (unpaired) electrons. The van der Waals surface area contributed by atoms with Gasteiger partial charge in [0, 0.05) is 11.6 Å². The second-order valence-electron chi connectivity index (χ2n) is 5.62. The van der Waals surface area contributed by atoms with Crippen LogP contribution in [0.4, 0.5) is 0 Å². The van der Waals surface area contributed by atoms with Gasteiger partial charge in [0.15, 0.2) is 0 Å². The van der Waals surface area contributed by atoms with Crippen LogP contribution in [0, 0.1) is 0 Å². The number of nitrogens with zero attached hydrogens (tertiary/aromatic N) is 1. The largest absolute Gasteiger partial charge is 0.497 e. The molecule has 0 unspecified atom stereocenters. The summed E-state index contributed by atoms with van der Waals surface area (Å²) in [5.41, 5.74) is 5.11. The van der Waals surface area contributed by atoms with Crippen molar-refractivity contribution in [2.45, 2.75) is 19.8 Å². The summed E-state index contributed by atoms with van der Waals surface area (Å²) < 4.78 is 10.3. The number of carbonyl (C=O) groups excluding carboxylic acids is 1. The van der Waals surface area contributed by atoms with Crippen LogP contribution in [0.1, 0.15) is 41.3 Å². The summed E-state index contributed by atoms with van der Waals surface area (Å²) in [7, 11) is 3.07. The van der Waals surface area contributed by atoms with E-state index in [-0.39, 0.29) is 5.91 Å². The molecule has 0 aromatic heterocycles. The molecule has 24 heavy (non-hydrogen) atoms. The Morgan fingerprint density at radius 3 is 2.12 bits per heavy atom. The number of ether oxygens (including phenoxy) is 2. The van der Waals surface area contributed by atoms with Gasteiger partial charge in [-0.3, -0.25) is 4.79 Å². The highest BCUT2D eigenvalue weighted by atomic mass is 16.5. The SMILES string of the molecule is COc1cc(OC)cc(C(=O)N/N=C/c2ccc(C(C)C)cc2)c1. The minimum Gasteiger partial charge on any atom is -0.497 e. The molecule has 0 bridgehead atoms.